The lowest BCUT2D eigenvalue weighted by molar-refractivity contribution is 0.0798. The number of H-pyrrole nitrogens is 1. The molecular formula is C23H22BrClN4O2. The molecule has 0 spiro atoms. The smallest absolute Gasteiger partial charge is 0.255 e. The highest BCUT2D eigenvalue weighted by Crippen LogP contribution is 2.24. The molecule has 3 aromatic rings. The van der Waals surface area contributed by atoms with Crippen molar-refractivity contribution in [1.29, 1.82) is 0 Å². The van der Waals surface area contributed by atoms with Crippen molar-refractivity contribution < 1.29 is 9.59 Å². The van der Waals surface area contributed by atoms with Gasteiger partial charge in [-0.3, -0.25) is 9.59 Å². The molecule has 1 atom stereocenters. The van der Waals surface area contributed by atoms with Gasteiger partial charge in [0.15, 0.2) is 0 Å². The molecule has 2 amide bonds. The maximum Gasteiger partial charge on any atom is 0.255 e. The van der Waals surface area contributed by atoms with Crippen molar-refractivity contribution in [3.05, 3.63) is 75.0 Å². The first-order valence-electron chi connectivity index (χ1n) is 10.2. The van der Waals surface area contributed by atoms with Crippen LogP contribution in [0.15, 0.2) is 53.0 Å². The second-order valence-electron chi connectivity index (χ2n) is 7.47. The first kappa shape index (κ1) is 21.6. The van der Waals surface area contributed by atoms with Crippen LogP contribution >= 0.6 is 27.5 Å². The van der Waals surface area contributed by atoms with E-state index in [2.05, 4.69) is 38.1 Å². The summed E-state index contributed by atoms with van der Waals surface area (Å²) in [5.74, 6) is 0.410. The van der Waals surface area contributed by atoms with Crippen molar-refractivity contribution in [2.75, 3.05) is 13.1 Å². The summed E-state index contributed by atoms with van der Waals surface area (Å²) in [6.07, 6.45) is 5.55. The zero-order valence-electron chi connectivity index (χ0n) is 17.0. The van der Waals surface area contributed by atoms with E-state index in [0.717, 1.165) is 23.9 Å². The van der Waals surface area contributed by atoms with Crippen molar-refractivity contribution in [3.8, 4) is 0 Å². The molecule has 8 heteroatoms. The fourth-order valence-corrected chi connectivity index (χ4v) is 4.33. The van der Waals surface area contributed by atoms with Crippen molar-refractivity contribution in [2.24, 2.45) is 0 Å². The largest absolute Gasteiger partial charge is 0.342 e. The van der Waals surface area contributed by atoms with E-state index in [1.807, 2.05) is 18.2 Å². The minimum Gasteiger partial charge on any atom is -0.342 e. The molecule has 6 nitrogen and oxygen atoms in total. The van der Waals surface area contributed by atoms with E-state index in [1.165, 1.54) is 0 Å². The molecule has 160 valence electrons. The molecule has 0 aliphatic carbocycles. The van der Waals surface area contributed by atoms with Crippen LogP contribution in [0.4, 0.5) is 0 Å². The summed E-state index contributed by atoms with van der Waals surface area (Å²) in [4.78, 5) is 35.2. The topological polar surface area (TPSA) is 78.1 Å². The number of nitrogens with one attached hydrogen (secondary N) is 2. The molecule has 0 unspecified atom stereocenters. The summed E-state index contributed by atoms with van der Waals surface area (Å²) < 4.78 is 0.600. The first-order valence-corrected chi connectivity index (χ1v) is 11.3. The molecule has 4 rings (SSSR count). The van der Waals surface area contributed by atoms with Crippen LogP contribution in [0.25, 0.3) is 11.0 Å². The third-order valence-corrected chi connectivity index (χ3v) is 6.13. The number of rotatable bonds is 6. The number of halogens is 2. The van der Waals surface area contributed by atoms with Gasteiger partial charge in [0, 0.05) is 28.1 Å². The van der Waals surface area contributed by atoms with Gasteiger partial charge in [-0.2, -0.15) is 0 Å². The van der Waals surface area contributed by atoms with E-state index in [4.69, 9.17) is 11.6 Å². The van der Waals surface area contributed by atoms with Crippen LogP contribution in [-0.4, -0.2) is 39.8 Å². The van der Waals surface area contributed by atoms with Crippen LogP contribution in [0, 0.1) is 0 Å². The predicted octanol–water partition coefficient (Wildman–Crippen LogP) is 5.26. The number of amides is 2. The van der Waals surface area contributed by atoms with E-state index in [9.17, 15) is 9.59 Å². The maximum atomic E-state index is 13.0. The molecule has 2 heterocycles. The minimum atomic E-state index is -0.264. The molecule has 0 saturated heterocycles. The zero-order valence-corrected chi connectivity index (χ0v) is 19.3. The number of nitrogens with zero attached hydrogens (tertiary/aromatic N) is 2. The Morgan fingerprint density at radius 3 is 2.71 bits per heavy atom. The summed E-state index contributed by atoms with van der Waals surface area (Å²) in [5, 5.41) is 3.68. The highest BCUT2D eigenvalue weighted by atomic mass is 79.9. The SMILES string of the molecule is CCC[C@H](NC(=O)c1ccc(C(=O)N2CC=CC2)c(Br)c1)c1nc2cc(Cl)ccc2[nH]1. The number of benzene rings is 2. The number of hydrogen-bond donors (Lipinski definition) is 2. The molecular weight excluding hydrogens is 480 g/mol. The number of aromatic amines is 1. The predicted molar refractivity (Wildman–Crippen MR) is 125 cm³/mol. The Morgan fingerprint density at radius 1 is 1.23 bits per heavy atom. The number of fused-ring (bicyclic) bond motifs is 1. The first-order chi connectivity index (χ1) is 15.0. The highest BCUT2D eigenvalue weighted by Gasteiger charge is 2.22. The summed E-state index contributed by atoms with van der Waals surface area (Å²) in [5.41, 5.74) is 2.65. The summed E-state index contributed by atoms with van der Waals surface area (Å²) in [6, 6.07) is 10.3. The van der Waals surface area contributed by atoms with Gasteiger partial charge in [-0.1, -0.05) is 37.1 Å². The second kappa shape index (κ2) is 9.24. The van der Waals surface area contributed by atoms with Crippen molar-refractivity contribution in [1.82, 2.24) is 20.2 Å². The normalized spacial score (nSPS) is 14.2. The molecule has 0 bridgehead atoms. The fraction of sp³-hybridized carbons (Fsp3) is 0.261. The lowest BCUT2D eigenvalue weighted by atomic mass is 10.1. The number of hydrogen-bond acceptors (Lipinski definition) is 3. The standard InChI is InChI=1S/C23H22BrClN4O2/c1-2-5-19(21-26-18-9-7-15(25)13-20(18)27-21)28-22(30)14-6-8-16(17(24)12-14)23(31)29-10-3-4-11-29/h3-4,6-9,12-13,19H,2,5,10-11H2,1H3,(H,26,27)(H,28,30)/t19-/m0/s1. The van der Waals surface area contributed by atoms with Crippen LogP contribution < -0.4 is 5.32 Å². The molecule has 1 aromatic heterocycles. The Labute approximate surface area is 193 Å². The quantitative estimate of drug-likeness (QED) is 0.452. The van der Waals surface area contributed by atoms with Gasteiger partial charge in [0.1, 0.15) is 5.82 Å². The van der Waals surface area contributed by atoms with Crippen molar-refractivity contribution >= 4 is 50.4 Å². The van der Waals surface area contributed by atoms with Gasteiger partial charge in [-0.05, 0) is 58.7 Å². The average molecular weight is 502 g/mol. The second-order valence-corrected chi connectivity index (χ2v) is 8.77. The van der Waals surface area contributed by atoms with Crippen molar-refractivity contribution in [2.45, 2.75) is 25.8 Å². The summed E-state index contributed by atoms with van der Waals surface area (Å²) in [6.45, 7) is 3.27. The van der Waals surface area contributed by atoms with Crippen molar-refractivity contribution in [3.63, 3.8) is 0 Å². The third kappa shape index (κ3) is 4.67. The van der Waals surface area contributed by atoms with Gasteiger partial charge in [-0.25, -0.2) is 4.98 Å². The molecule has 1 aliphatic heterocycles. The average Bonchev–Trinajstić information content (AvgIpc) is 3.42. The lowest BCUT2D eigenvalue weighted by Gasteiger charge is -2.18. The molecule has 2 aromatic carbocycles. The molecule has 0 radical (unpaired) electrons. The van der Waals surface area contributed by atoms with E-state index in [0.29, 0.717) is 39.5 Å². The summed E-state index contributed by atoms with van der Waals surface area (Å²) >= 11 is 9.52. The van der Waals surface area contributed by atoms with E-state index < -0.39 is 0 Å². The van der Waals surface area contributed by atoms with Gasteiger partial charge >= 0.3 is 0 Å². The van der Waals surface area contributed by atoms with Crippen LogP contribution in [0.1, 0.15) is 52.3 Å². The fourth-order valence-electron chi connectivity index (χ4n) is 3.62. The maximum absolute atomic E-state index is 13.0. The highest BCUT2D eigenvalue weighted by molar-refractivity contribution is 9.10. The molecule has 0 fully saturated rings. The van der Waals surface area contributed by atoms with E-state index in [-0.39, 0.29) is 17.9 Å². The van der Waals surface area contributed by atoms with Gasteiger partial charge in [0.05, 0.1) is 22.6 Å². The number of aromatic nitrogens is 2. The summed E-state index contributed by atoms with van der Waals surface area (Å²) in [7, 11) is 0. The monoisotopic (exact) mass is 500 g/mol. The Balaban J connectivity index is 1.53. The Kier molecular flexibility index (Phi) is 6.43. The van der Waals surface area contributed by atoms with Crippen LogP contribution in [0.2, 0.25) is 5.02 Å². The van der Waals surface area contributed by atoms with Gasteiger partial charge < -0.3 is 15.2 Å². The molecule has 31 heavy (non-hydrogen) atoms. The van der Waals surface area contributed by atoms with Crippen LogP contribution in [-0.2, 0) is 0 Å². The third-order valence-electron chi connectivity index (χ3n) is 5.24. The van der Waals surface area contributed by atoms with Crippen LogP contribution in [0.5, 0.6) is 0 Å². The number of imidazole rings is 1. The Hall–Kier alpha value is -2.64. The molecule has 1 aliphatic rings. The van der Waals surface area contributed by atoms with E-state index >= 15 is 0 Å². The van der Waals surface area contributed by atoms with Crippen LogP contribution in [0.3, 0.4) is 0 Å². The zero-order chi connectivity index (χ0) is 22.0. The Bertz CT molecular complexity index is 1170. The van der Waals surface area contributed by atoms with Gasteiger partial charge in [-0.15, -0.1) is 0 Å². The van der Waals surface area contributed by atoms with Gasteiger partial charge in [0.2, 0.25) is 0 Å². The molecule has 2 N–H and O–H groups in total. The Morgan fingerprint density at radius 2 is 2.00 bits per heavy atom. The molecule has 0 saturated carbocycles. The van der Waals surface area contributed by atoms with E-state index in [1.54, 1.807) is 35.2 Å². The number of carbonyl (C=O) groups is 2. The van der Waals surface area contributed by atoms with Gasteiger partial charge in [0.25, 0.3) is 11.8 Å². The lowest BCUT2D eigenvalue weighted by Crippen LogP contribution is -2.30. The minimum absolute atomic E-state index is 0.0615. The number of carbonyl (C=O) groups excluding carboxylic acids is 2.